The first-order valence-electron chi connectivity index (χ1n) is 6.85. The Morgan fingerprint density at radius 3 is 2.75 bits per heavy atom. The molecule has 3 amide bonds. The first-order chi connectivity index (χ1) is 9.61. The van der Waals surface area contributed by atoms with Crippen molar-refractivity contribution in [3.8, 4) is 0 Å². The highest BCUT2D eigenvalue weighted by molar-refractivity contribution is 6.30. The van der Waals surface area contributed by atoms with Crippen molar-refractivity contribution in [3.05, 3.63) is 29.0 Å². The number of carbonyl (C=O) groups is 2. The predicted molar refractivity (Wildman–Crippen MR) is 74.1 cm³/mol. The van der Waals surface area contributed by atoms with Crippen molar-refractivity contribution in [3.63, 3.8) is 0 Å². The molecule has 0 unspecified atom stereocenters. The van der Waals surface area contributed by atoms with Crippen LogP contribution in [0.25, 0.3) is 0 Å². The van der Waals surface area contributed by atoms with Crippen LogP contribution in [0.4, 0.5) is 4.79 Å². The van der Waals surface area contributed by atoms with Gasteiger partial charge in [-0.2, -0.15) is 0 Å². The van der Waals surface area contributed by atoms with Crippen LogP contribution < -0.4 is 5.32 Å². The fraction of sp³-hybridized carbons (Fsp3) is 0.500. The van der Waals surface area contributed by atoms with E-state index in [-0.39, 0.29) is 18.5 Å². The van der Waals surface area contributed by atoms with E-state index in [4.69, 9.17) is 11.6 Å². The molecule has 6 heteroatoms. The van der Waals surface area contributed by atoms with Crippen molar-refractivity contribution in [1.29, 1.82) is 0 Å². The van der Waals surface area contributed by atoms with Crippen molar-refractivity contribution >= 4 is 23.5 Å². The number of hydrogen-bond acceptors (Lipinski definition) is 3. The zero-order valence-corrected chi connectivity index (χ0v) is 11.8. The first-order valence-corrected chi connectivity index (χ1v) is 7.23. The summed E-state index contributed by atoms with van der Waals surface area (Å²) in [4.78, 5) is 30.0. The highest BCUT2D eigenvalue weighted by Gasteiger charge is 2.51. The summed E-state index contributed by atoms with van der Waals surface area (Å²) < 4.78 is 0. The Labute approximate surface area is 122 Å². The average molecular weight is 294 g/mol. The largest absolute Gasteiger partial charge is 0.325 e. The third-order valence-corrected chi connectivity index (χ3v) is 4.29. The quantitative estimate of drug-likeness (QED) is 0.852. The van der Waals surface area contributed by atoms with Crippen molar-refractivity contribution in [2.75, 3.05) is 0 Å². The molecule has 1 saturated heterocycles. The second-order valence-electron chi connectivity index (χ2n) is 5.43. The van der Waals surface area contributed by atoms with E-state index in [0.29, 0.717) is 10.7 Å². The molecule has 0 radical (unpaired) electrons. The van der Waals surface area contributed by atoms with Crippen molar-refractivity contribution in [2.24, 2.45) is 0 Å². The summed E-state index contributed by atoms with van der Waals surface area (Å²) in [5.74, 6) is -0.121. The van der Waals surface area contributed by atoms with Crippen LogP contribution in [0.5, 0.6) is 0 Å². The molecule has 20 heavy (non-hydrogen) atoms. The number of halogens is 1. The van der Waals surface area contributed by atoms with E-state index in [0.717, 1.165) is 32.1 Å². The van der Waals surface area contributed by atoms with Crippen molar-refractivity contribution < 1.29 is 9.59 Å². The lowest BCUT2D eigenvalue weighted by molar-refractivity contribution is -0.132. The lowest BCUT2D eigenvalue weighted by Crippen LogP contribution is -2.48. The van der Waals surface area contributed by atoms with Gasteiger partial charge in [-0.25, -0.2) is 4.79 Å². The third kappa shape index (κ3) is 2.26. The Kier molecular flexibility index (Phi) is 3.38. The number of nitrogens with zero attached hydrogens (tertiary/aromatic N) is 2. The second kappa shape index (κ2) is 5.05. The summed E-state index contributed by atoms with van der Waals surface area (Å²) in [7, 11) is 0. The van der Waals surface area contributed by atoms with Gasteiger partial charge in [0.1, 0.15) is 5.54 Å². The minimum Gasteiger partial charge on any atom is -0.323 e. The molecule has 2 heterocycles. The van der Waals surface area contributed by atoms with Gasteiger partial charge < -0.3 is 5.32 Å². The smallest absolute Gasteiger partial charge is 0.323 e. The zero-order chi connectivity index (χ0) is 14.2. The number of hydrogen-bond donors (Lipinski definition) is 1. The maximum Gasteiger partial charge on any atom is 0.325 e. The minimum absolute atomic E-state index is 0.121. The predicted octanol–water partition coefficient (Wildman–Crippen LogP) is 2.49. The first kappa shape index (κ1) is 13.4. The van der Waals surface area contributed by atoms with Crippen LogP contribution in [0.15, 0.2) is 18.3 Å². The Morgan fingerprint density at radius 1 is 1.30 bits per heavy atom. The molecule has 1 aliphatic carbocycles. The van der Waals surface area contributed by atoms with E-state index >= 15 is 0 Å². The summed E-state index contributed by atoms with van der Waals surface area (Å²) in [6, 6.07) is 3.02. The summed E-state index contributed by atoms with van der Waals surface area (Å²) in [6.07, 6.45) is 6.13. The van der Waals surface area contributed by atoms with Gasteiger partial charge in [0.05, 0.1) is 12.2 Å². The fourth-order valence-electron chi connectivity index (χ4n) is 3.01. The topological polar surface area (TPSA) is 62.3 Å². The summed E-state index contributed by atoms with van der Waals surface area (Å²) in [6.45, 7) is 0.174. The molecule has 1 N–H and O–H groups in total. The SMILES string of the molecule is O=C1NC2(CCCCC2)C(=O)N1Cc1cc(Cl)ccn1. The summed E-state index contributed by atoms with van der Waals surface area (Å²) in [5.41, 5.74) is -0.0534. The molecule has 1 aromatic heterocycles. The van der Waals surface area contributed by atoms with Gasteiger partial charge in [0.25, 0.3) is 5.91 Å². The Bertz CT molecular complexity index is 555. The van der Waals surface area contributed by atoms with Crippen LogP contribution >= 0.6 is 11.6 Å². The zero-order valence-electron chi connectivity index (χ0n) is 11.1. The van der Waals surface area contributed by atoms with E-state index in [1.807, 2.05) is 0 Å². The molecule has 5 nitrogen and oxygen atoms in total. The molecule has 0 aromatic carbocycles. The monoisotopic (exact) mass is 293 g/mol. The van der Waals surface area contributed by atoms with Crippen LogP contribution in [-0.4, -0.2) is 27.4 Å². The number of urea groups is 1. The van der Waals surface area contributed by atoms with Gasteiger partial charge in [-0.15, -0.1) is 0 Å². The maximum atomic E-state index is 12.6. The van der Waals surface area contributed by atoms with Crippen molar-refractivity contribution in [1.82, 2.24) is 15.2 Å². The molecule has 1 spiro atoms. The van der Waals surface area contributed by atoms with Gasteiger partial charge in [-0.05, 0) is 25.0 Å². The van der Waals surface area contributed by atoms with Gasteiger partial charge in [0, 0.05) is 11.2 Å². The molecule has 0 atom stereocenters. The van der Waals surface area contributed by atoms with E-state index in [2.05, 4.69) is 10.3 Å². The van der Waals surface area contributed by atoms with Gasteiger partial charge in [0.2, 0.25) is 0 Å². The summed E-state index contributed by atoms with van der Waals surface area (Å²) >= 11 is 5.90. The number of nitrogens with one attached hydrogen (secondary N) is 1. The highest BCUT2D eigenvalue weighted by Crippen LogP contribution is 2.34. The molecule has 3 rings (SSSR count). The number of pyridine rings is 1. The number of amides is 3. The van der Waals surface area contributed by atoms with Crippen molar-refractivity contribution in [2.45, 2.75) is 44.2 Å². The van der Waals surface area contributed by atoms with Crippen LogP contribution in [0.2, 0.25) is 5.02 Å². The Balaban J connectivity index is 1.80. The van der Waals surface area contributed by atoms with Gasteiger partial charge in [-0.3, -0.25) is 14.7 Å². The molecular weight excluding hydrogens is 278 g/mol. The van der Waals surface area contributed by atoms with Crippen LogP contribution in [0.3, 0.4) is 0 Å². The van der Waals surface area contributed by atoms with E-state index in [1.54, 1.807) is 18.3 Å². The molecule has 0 bridgehead atoms. The van der Waals surface area contributed by atoms with Gasteiger partial charge in [0.15, 0.2) is 0 Å². The van der Waals surface area contributed by atoms with E-state index < -0.39 is 5.54 Å². The normalized spacial score (nSPS) is 21.4. The molecule has 2 aliphatic rings. The van der Waals surface area contributed by atoms with Crippen LogP contribution in [0.1, 0.15) is 37.8 Å². The molecule has 1 saturated carbocycles. The maximum absolute atomic E-state index is 12.6. The average Bonchev–Trinajstić information content (AvgIpc) is 2.64. The van der Waals surface area contributed by atoms with E-state index in [1.165, 1.54) is 4.90 Å². The minimum atomic E-state index is -0.673. The van der Waals surface area contributed by atoms with Gasteiger partial charge >= 0.3 is 6.03 Å². The molecule has 106 valence electrons. The third-order valence-electron chi connectivity index (χ3n) is 4.05. The fourth-order valence-corrected chi connectivity index (χ4v) is 3.19. The number of imide groups is 1. The molecule has 1 aliphatic heterocycles. The standard InChI is InChI=1S/C14H16ClN3O2/c15-10-4-7-16-11(8-10)9-18-12(19)14(17-13(18)20)5-2-1-3-6-14/h4,7-8H,1-3,5-6,9H2,(H,17,20). The molecule has 1 aromatic rings. The lowest BCUT2D eigenvalue weighted by atomic mass is 9.82. The van der Waals surface area contributed by atoms with Gasteiger partial charge in [-0.1, -0.05) is 30.9 Å². The highest BCUT2D eigenvalue weighted by atomic mass is 35.5. The number of rotatable bonds is 2. The Hall–Kier alpha value is -1.62. The Morgan fingerprint density at radius 2 is 2.05 bits per heavy atom. The lowest BCUT2D eigenvalue weighted by Gasteiger charge is -2.30. The number of aromatic nitrogens is 1. The van der Waals surface area contributed by atoms with Crippen LogP contribution in [0, 0.1) is 0 Å². The molecular formula is C14H16ClN3O2. The van der Waals surface area contributed by atoms with Crippen LogP contribution in [-0.2, 0) is 11.3 Å². The molecule has 2 fully saturated rings. The van der Waals surface area contributed by atoms with E-state index in [9.17, 15) is 9.59 Å². The number of carbonyl (C=O) groups excluding carboxylic acids is 2. The second-order valence-corrected chi connectivity index (χ2v) is 5.87. The summed E-state index contributed by atoms with van der Waals surface area (Å²) in [5, 5.41) is 3.43.